The van der Waals surface area contributed by atoms with Gasteiger partial charge in [-0.25, -0.2) is 4.73 Å². The van der Waals surface area contributed by atoms with Crippen molar-refractivity contribution in [2.45, 2.75) is 13.8 Å². The lowest BCUT2D eigenvalue weighted by Gasteiger charge is -2.19. The van der Waals surface area contributed by atoms with E-state index in [0.717, 1.165) is 13.1 Å². The number of hydrogen-bond donors (Lipinski definition) is 2. The molecule has 6 heteroatoms. The van der Waals surface area contributed by atoms with Gasteiger partial charge in [-0.2, -0.15) is 0 Å². The van der Waals surface area contributed by atoms with Gasteiger partial charge in [0.1, 0.15) is 0 Å². The molecule has 0 aliphatic heterocycles. The average molecular weight is 197 g/mol. The van der Waals surface area contributed by atoms with Crippen molar-refractivity contribution in [1.82, 2.24) is 4.98 Å². The van der Waals surface area contributed by atoms with Crippen LogP contribution in [-0.4, -0.2) is 18.1 Å². The van der Waals surface area contributed by atoms with Crippen molar-refractivity contribution in [2.24, 2.45) is 0 Å². The molecule has 1 aromatic heterocycles. The SMILES string of the molecule is CCN(CC)c1cc(N)[n+]([O-])c(N)n1. The third-order valence-corrected chi connectivity index (χ3v) is 2.04. The van der Waals surface area contributed by atoms with E-state index < -0.39 is 0 Å². The maximum atomic E-state index is 11.1. The molecule has 0 atom stereocenters. The van der Waals surface area contributed by atoms with Gasteiger partial charge in [-0.1, -0.05) is 4.98 Å². The summed E-state index contributed by atoms with van der Waals surface area (Å²) in [6.07, 6.45) is 0. The summed E-state index contributed by atoms with van der Waals surface area (Å²) < 4.78 is 0.410. The summed E-state index contributed by atoms with van der Waals surface area (Å²) in [5.41, 5.74) is 10.9. The minimum absolute atomic E-state index is 0.0689. The Bertz CT molecular complexity index is 301. The smallest absolute Gasteiger partial charge is 0.346 e. The van der Waals surface area contributed by atoms with E-state index in [1.807, 2.05) is 18.7 Å². The summed E-state index contributed by atoms with van der Waals surface area (Å²) in [7, 11) is 0. The van der Waals surface area contributed by atoms with Crippen LogP contribution in [0.5, 0.6) is 0 Å². The van der Waals surface area contributed by atoms with E-state index in [0.29, 0.717) is 10.5 Å². The quantitative estimate of drug-likeness (QED) is 0.513. The highest BCUT2D eigenvalue weighted by Crippen LogP contribution is 2.12. The van der Waals surface area contributed by atoms with Crippen LogP contribution in [-0.2, 0) is 0 Å². The molecule has 78 valence electrons. The second-order valence-corrected chi connectivity index (χ2v) is 2.86. The fraction of sp³-hybridized carbons (Fsp3) is 0.500. The van der Waals surface area contributed by atoms with Crippen LogP contribution in [0, 0.1) is 5.21 Å². The maximum Gasteiger partial charge on any atom is 0.346 e. The van der Waals surface area contributed by atoms with Gasteiger partial charge in [0.2, 0.25) is 0 Å². The van der Waals surface area contributed by atoms with E-state index in [9.17, 15) is 5.21 Å². The van der Waals surface area contributed by atoms with Gasteiger partial charge in [-0.3, -0.25) is 0 Å². The van der Waals surface area contributed by atoms with Gasteiger partial charge in [0.15, 0.2) is 11.6 Å². The van der Waals surface area contributed by atoms with Crippen molar-refractivity contribution < 1.29 is 4.73 Å². The Hall–Kier alpha value is -1.72. The minimum atomic E-state index is -0.119. The molecule has 0 amide bonds. The van der Waals surface area contributed by atoms with Gasteiger partial charge in [-0.05, 0) is 13.8 Å². The standard InChI is InChI=1S/C8H15N5O/c1-3-12(4-2)7-5-6(9)13(14)8(10)11-7/h5H,3-4,9H2,1-2H3,(H2,10,11). The van der Waals surface area contributed by atoms with Crippen molar-refractivity contribution in [3.8, 4) is 0 Å². The van der Waals surface area contributed by atoms with E-state index in [-0.39, 0.29) is 11.8 Å². The first kappa shape index (κ1) is 10.4. The molecule has 1 aromatic rings. The van der Waals surface area contributed by atoms with E-state index >= 15 is 0 Å². The van der Waals surface area contributed by atoms with Crippen molar-refractivity contribution >= 4 is 17.6 Å². The molecule has 6 nitrogen and oxygen atoms in total. The second kappa shape index (κ2) is 3.99. The Morgan fingerprint density at radius 1 is 1.43 bits per heavy atom. The number of rotatable bonds is 3. The summed E-state index contributed by atoms with van der Waals surface area (Å²) in [6, 6.07) is 1.52. The highest BCUT2D eigenvalue weighted by atomic mass is 16.5. The molecule has 14 heavy (non-hydrogen) atoms. The van der Waals surface area contributed by atoms with Gasteiger partial charge < -0.3 is 21.6 Å². The molecule has 0 saturated carbocycles. The second-order valence-electron chi connectivity index (χ2n) is 2.86. The molecule has 0 spiro atoms. The zero-order chi connectivity index (χ0) is 10.7. The highest BCUT2D eigenvalue weighted by Gasteiger charge is 2.11. The first-order valence-electron chi connectivity index (χ1n) is 4.50. The van der Waals surface area contributed by atoms with E-state index in [1.54, 1.807) is 0 Å². The molecule has 0 unspecified atom stereocenters. The number of nitrogens with two attached hydrogens (primary N) is 2. The van der Waals surface area contributed by atoms with Crippen LogP contribution in [0.25, 0.3) is 0 Å². The Kier molecular flexibility index (Phi) is 2.95. The fourth-order valence-corrected chi connectivity index (χ4v) is 1.23. The van der Waals surface area contributed by atoms with E-state index in [4.69, 9.17) is 11.5 Å². The Balaban J connectivity index is 3.11. The molecule has 1 heterocycles. The predicted octanol–water partition coefficient (Wildman–Crippen LogP) is -0.274. The van der Waals surface area contributed by atoms with Crippen LogP contribution in [0.1, 0.15) is 13.8 Å². The van der Waals surface area contributed by atoms with Crippen LogP contribution in [0.4, 0.5) is 17.6 Å². The lowest BCUT2D eigenvalue weighted by molar-refractivity contribution is -0.576. The molecule has 1 rings (SSSR count). The summed E-state index contributed by atoms with van der Waals surface area (Å²) >= 11 is 0. The number of nitrogen functional groups attached to an aromatic ring is 2. The summed E-state index contributed by atoms with van der Waals surface area (Å²) in [6.45, 7) is 5.59. The molecular formula is C8H15N5O. The molecule has 0 aliphatic rings. The minimum Gasteiger partial charge on any atom is -0.754 e. The van der Waals surface area contributed by atoms with Gasteiger partial charge in [0.05, 0.1) is 6.07 Å². The number of aromatic nitrogens is 2. The van der Waals surface area contributed by atoms with Crippen LogP contribution in [0.3, 0.4) is 0 Å². The normalized spacial score (nSPS) is 10.1. The van der Waals surface area contributed by atoms with Crippen molar-refractivity contribution in [3.05, 3.63) is 11.3 Å². The molecule has 4 N–H and O–H groups in total. The van der Waals surface area contributed by atoms with Gasteiger partial charge in [0.25, 0.3) is 0 Å². The number of anilines is 3. The maximum absolute atomic E-state index is 11.1. The van der Waals surface area contributed by atoms with Crippen molar-refractivity contribution in [1.29, 1.82) is 0 Å². The highest BCUT2D eigenvalue weighted by molar-refractivity contribution is 5.46. The van der Waals surface area contributed by atoms with Crippen molar-refractivity contribution in [2.75, 3.05) is 29.5 Å². The first-order chi connectivity index (χ1) is 6.60. The number of hydrogen-bond acceptors (Lipinski definition) is 5. The molecule has 0 bridgehead atoms. The summed E-state index contributed by atoms with van der Waals surface area (Å²) in [4.78, 5) is 5.91. The zero-order valence-electron chi connectivity index (χ0n) is 8.40. The van der Waals surface area contributed by atoms with Crippen LogP contribution >= 0.6 is 0 Å². The van der Waals surface area contributed by atoms with Gasteiger partial charge in [0, 0.05) is 13.1 Å². The third-order valence-electron chi connectivity index (χ3n) is 2.04. The lowest BCUT2D eigenvalue weighted by atomic mass is 10.4. The van der Waals surface area contributed by atoms with E-state index in [1.165, 1.54) is 6.07 Å². The van der Waals surface area contributed by atoms with Crippen LogP contribution < -0.4 is 21.1 Å². The van der Waals surface area contributed by atoms with Crippen LogP contribution in [0.15, 0.2) is 6.07 Å². The Labute approximate surface area is 82.7 Å². The van der Waals surface area contributed by atoms with E-state index in [2.05, 4.69) is 4.98 Å². The molecule has 0 aromatic carbocycles. The molecule has 0 saturated heterocycles. The molecule has 0 aliphatic carbocycles. The lowest BCUT2D eigenvalue weighted by Crippen LogP contribution is -2.37. The van der Waals surface area contributed by atoms with Gasteiger partial charge >= 0.3 is 5.95 Å². The Morgan fingerprint density at radius 2 is 2.00 bits per heavy atom. The fourth-order valence-electron chi connectivity index (χ4n) is 1.23. The molecule has 0 fully saturated rings. The van der Waals surface area contributed by atoms with Crippen molar-refractivity contribution in [3.63, 3.8) is 0 Å². The van der Waals surface area contributed by atoms with Gasteiger partial charge in [-0.15, -0.1) is 0 Å². The van der Waals surface area contributed by atoms with Crippen LogP contribution in [0.2, 0.25) is 0 Å². The average Bonchev–Trinajstić information content (AvgIpc) is 2.16. The summed E-state index contributed by atoms with van der Waals surface area (Å²) in [5, 5.41) is 11.1. The Morgan fingerprint density at radius 3 is 2.43 bits per heavy atom. The number of nitrogens with zero attached hydrogens (tertiary/aromatic N) is 3. The predicted molar refractivity (Wildman–Crippen MR) is 55.6 cm³/mol. The molecule has 0 radical (unpaired) electrons. The largest absolute Gasteiger partial charge is 0.754 e. The topological polar surface area (TPSA) is 95.1 Å². The third kappa shape index (κ3) is 1.78. The monoisotopic (exact) mass is 197 g/mol. The first-order valence-corrected chi connectivity index (χ1v) is 4.50. The zero-order valence-corrected chi connectivity index (χ0v) is 8.40. The molecular weight excluding hydrogens is 182 g/mol. The summed E-state index contributed by atoms with van der Waals surface area (Å²) in [5.74, 6) is 0.586.